The summed E-state index contributed by atoms with van der Waals surface area (Å²) < 4.78 is 51.0. The molecule has 3 aromatic rings. The van der Waals surface area contributed by atoms with Crippen molar-refractivity contribution in [3.05, 3.63) is 91.4 Å². The van der Waals surface area contributed by atoms with Crippen LogP contribution in [0.2, 0.25) is 0 Å². The van der Waals surface area contributed by atoms with Gasteiger partial charge in [0.15, 0.2) is 11.5 Å². The van der Waals surface area contributed by atoms with Crippen molar-refractivity contribution in [1.29, 1.82) is 0 Å². The fourth-order valence-corrected chi connectivity index (χ4v) is 5.33. The maximum atomic E-state index is 12.9. The molecule has 1 aliphatic rings. The van der Waals surface area contributed by atoms with Crippen molar-refractivity contribution in [2.24, 2.45) is 0 Å². The Morgan fingerprint density at radius 2 is 1.82 bits per heavy atom. The van der Waals surface area contributed by atoms with Crippen LogP contribution in [0, 0.1) is 10.5 Å². The molecule has 208 valence electrons. The number of nitrogens with zero attached hydrogens (tertiary/aromatic N) is 1. The molecule has 0 bridgehead atoms. The van der Waals surface area contributed by atoms with Crippen LogP contribution in [0.5, 0.6) is 11.5 Å². The first-order valence-corrected chi connectivity index (χ1v) is 13.6. The minimum absolute atomic E-state index is 0.0862. The maximum absolute atomic E-state index is 12.9. The van der Waals surface area contributed by atoms with Gasteiger partial charge in [0, 0.05) is 5.69 Å². The summed E-state index contributed by atoms with van der Waals surface area (Å²) in [5.74, 6) is -0.540. The lowest BCUT2D eigenvalue weighted by atomic mass is 10.1. The van der Waals surface area contributed by atoms with E-state index in [1.807, 2.05) is 31.2 Å². The van der Waals surface area contributed by atoms with Crippen molar-refractivity contribution in [1.82, 2.24) is 4.90 Å². The maximum Gasteiger partial charge on any atom is 0.416 e. The highest BCUT2D eigenvalue weighted by Crippen LogP contribution is 2.38. The number of halogens is 4. The van der Waals surface area contributed by atoms with Gasteiger partial charge in [0.1, 0.15) is 13.2 Å². The normalized spacial score (nSPS) is 14.6. The highest BCUT2D eigenvalue weighted by Gasteiger charge is 2.36. The number of anilines is 1. The summed E-state index contributed by atoms with van der Waals surface area (Å²) in [6.07, 6.45) is -3.08. The summed E-state index contributed by atoms with van der Waals surface area (Å²) in [7, 11) is 1.49. The number of alkyl halides is 3. The van der Waals surface area contributed by atoms with Gasteiger partial charge in [-0.2, -0.15) is 13.2 Å². The summed E-state index contributed by atoms with van der Waals surface area (Å²) in [6.45, 7) is 1.68. The molecule has 40 heavy (non-hydrogen) atoms. The van der Waals surface area contributed by atoms with E-state index in [9.17, 15) is 27.6 Å². The molecular formula is C28H22F3IN2O5S. The summed E-state index contributed by atoms with van der Waals surface area (Å²) >= 11 is 2.75. The average Bonchev–Trinajstić information content (AvgIpc) is 3.15. The molecule has 1 N–H and O–H groups in total. The molecule has 12 heteroatoms. The number of imide groups is 1. The fourth-order valence-electron chi connectivity index (χ4n) is 3.71. The standard InChI is InChI=1S/C28H22F3IN2O5S/c1-16-6-8-17(9-7-16)15-39-25-21(32)10-18(11-22(25)38-2)12-23-26(36)34(27(37)40-23)14-24(35)33-20-5-3-4-19(13-20)28(29,30)31/h3-13H,14-15H2,1-2H3,(H,33,35)/b23-12-. The van der Waals surface area contributed by atoms with Gasteiger partial charge in [0.2, 0.25) is 5.91 Å². The second-order valence-electron chi connectivity index (χ2n) is 8.70. The Balaban J connectivity index is 1.45. The number of aryl methyl sites for hydroxylation is 1. The number of ether oxygens (including phenoxy) is 2. The molecule has 1 heterocycles. The van der Waals surface area contributed by atoms with Gasteiger partial charge in [0.05, 0.1) is 21.1 Å². The predicted molar refractivity (Wildman–Crippen MR) is 154 cm³/mol. The van der Waals surface area contributed by atoms with Gasteiger partial charge in [0.25, 0.3) is 11.1 Å². The molecule has 0 unspecified atom stereocenters. The Bertz CT molecular complexity index is 1490. The quantitative estimate of drug-likeness (QED) is 0.206. The number of hydrogen-bond acceptors (Lipinski definition) is 6. The van der Waals surface area contributed by atoms with E-state index in [1.165, 1.54) is 19.3 Å². The highest BCUT2D eigenvalue weighted by molar-refractivity contribution is 14.1. The van der Waals surface area contributed by atoms with Crippen LogP contribution >= 0.6 is 34.4 Å². The molecule has 3 amide bonds. The van der Waals surface area contributed by atoms with Crippen molar-refractivity contribution in [2.45, 2.75) is 19.7 Å². The van der Waals surface area contributed by atoms with Crippen LogP contribution in [0.25, 0.3) is 6.08 Å². The fraction of sp³-hybridized carbons (Fsp3) is 0.179. The number of hydrogen-bond donors (Lipinski definition) is 1. The molecule has 0 aliphatic carbocycles. The molecule has 0 spiro atoms. The Kier molecular flexibility index (Phi) is 9.08. The number of nitrogens with one attached hydrogen (secondary N) is 1. The van der Waals surface area contributed by atoms with Crippen LogP contribution in [0.4, 0.5) is 23.7 Å². The lowest BCUT2D eigenvalue weighted by Crippen LogP contribution is -2.36. The van der Waals surface area contributed by atoms with E-state index in [1.54, 1.807) is 12.1 Å². The van der Waals surface area contributed by atoms with E-state index in [0.29, 0.717) is 35.4 Å². The summed E-state index contributed by atoms with van der Waals surface area (Å²) in [6, 6.07) is 15.4. The number of methoxy groups -OCH3 is 1. The molecule has 1 fully saturated rings. The van der Waals surface area contributed by atoms with Gasteiger partial charge in [-0.1, -0.05) is 35.9 Å². The van der Waals surface area contributed by atoms with Gasteiger partial charge < -0.3 is 14.8 Å². The summed E-state index contributed by atoms with van der Waals surface area (Å²) in [5, 5.41) is 1.63. The van der Waals surface area contributed by atoms with E-state index >= 15 is 0 Å². The molecule has 3 aromatic carbocycles. The van der Waals surface area contributed by atoms with Crippen LogP contribution in [0.15, 0.2) is 65.6 Å². The Hall–Kier alpha value is -3.52. The molecule has 1 aliphatic heterocycles. The van der Waals surface area contributed by atoms with Gasteiger partial charge in [-0.25, -0.2) is 0 Å². The van der Waals surface area contributed by atoms with Crippen LogP contribution < -0.4 is 14.8 Å². The van der Waals surface area contributed by atoms with E-state index < -0.39 is 35.3 Å². The molecule has 0 aromatic heterocycles. The first kappa shape index (κ1) is 29.5. The zero-order valence-electron chi connectivity index (χ0n) is 21.2. The number of benzene rings is 3. The smallest absolute Gasteiger partial charge is 0.416 e. The number of carbonyl (C=O) groups excluding carboxylic acids is 3. The van der Waals surface area contributed by atoms with Crippen LogP contribution in [-0.2, 0) is 22.4 Å². The predicted octanol–water partition coefficient (Wildman–Crippen LogP) is 6.88. The van der Waals surface area contributed by atoms with E-state index in [4.69, 9.17) is 9.47 Å². The number of thioether (sulfide) groups is 1. The number of carbonyl (C=O) groups is 3. The monoisotopic (exact) mass is 682 g/mol. The van der Waals surface area contributed by atoms with Crippen LogP contribution in [0.3, 0.4) is 0 Å². The number of rotatable bonds is 8. The molecular weight excluding hydrogens is 660 g/mol. The third-order valence-electron chi connectivity index (χ3n) is 5.70. The van der Waals surface area contributed by atoms with Crippen LogP contribution in [-0.4, -0.2) is 35.6 Å². The molecule has 1 saturated heterocycles. The minimum Gasteiger partial charge on any atom is -0.493 e. The minimum atomic E-state index is -4.58. The van der Waals surface area contributed by atoms with Crippen molar-refractivity contribution < 1.29 is 37.0 Å². The first-order chi connectivity index (χ1) is 18.9. The van der Waals surface area contributed by atoms with Crippen molar-refractivity contribution in [2.75, 3.05) is 19.0 Å². The van der Waals surface area contributed by atoms with Crippen LogP contribution in [0.1, 0.15) is 22.3 Å². The largest absolute Gasteiger partial charge is 0.493 e. The SMILES string of the molecule is COc1cc(/C=C2\SC(=O)N(CC(=O)Nc3cccc(C(F)(F)F)c3)C2=O)cc(I)c1OCc1ccc(C)cc1. The van der Waals surface area contributed by atoms with Gasteiger partial charge in [-0.05, 0) is 88.8 Å². The molecule has 4 rings (SSSR count). The molecule has 0 atom stereocenters. The third-order valence-corrected chi connectivity index (χ3v) is 7.41. The lowest BCUT2D eigenvalue weighted by molar-refractivity contribution is -0.137. The molecule has 0 radical (unpaired) electrons. The van der Waals surface area contributed by atoms with Crippen molar-refractivity contribution in [3.63, 3.8) is 0 Å². The summed E-state index contributed by atoms with van der Waals surface area (Å²) in [5.41, 5.74) is 1.66. The summed E-state index contributed by atoms with van der Waals surface area (Å²) in [4.78, 5) is 38.7. The Labute approximate surface area is 245 Å². The van der Waals surface area contributed by atoms with Gasteiger partial charge in [-0.15, -0.1) is 0 Å². The average molecular weight is 682 g/mol. The zero-order valence-corrected chi connectivity index (χ0v) is 24.1. The second-order valence-corrected chi connectivity index (χ2v) is 10.9. The number of amides is 3. The van der Waals surface area contributed by atoms with Crippen molar-refractivity contribution >= 4 is 63.2 Å². The highest BCUT2D eigenvalue weighted by atomic mass is 127. The lowest BCUT2D eigenvalue weighted by Gasteiger charge is -2.14. The third kappa shape index (κ3) is 7.16. The van der Waals surface area contributed by atoms with E-state index in [-0.39, 0.29) is 10.6 Å². The first-order valence-electron chi connectivity index (χ1n) is 11.7. The van der Waals surface area contributed by atoms with Gasteiger partial charge >= 0.3 is 6.18 Å². The zero-order chi connectivity index (χ0) is 29.0. The Morgan fingerprint density at radius 3 is 2.50 bits per heavy atom. The van der Waals surface area contributed by atoms with E-state index in [0.717, 1.165) is 37.8 Å². The Morgan fingerprint density at radius 1 is 1.10 bits per heavy atom. The molecule has 7 nitrogen and oxygen atoms in total. The molecule has 0 saturated carbocycles. The van der Waals surface area contributed by atoms with Crippen molar-refractivity contribution in [3.8, 4) is 11.5 Å². The van der Waals surface area contributed by atoms with Gasteiger partial charge in [-0.3, -0.25) is 19.3 Å². The topological polar surface area (TPSA) is 84.9 Å². The second kappa shape index (κ2) is 12.3. The van der Waals surface area contributed by atoms with E-state index in [2.05, 4.69) is 27.9 Å².